The van der Waals surface area contributed by atoms with E-state index in [0.29, 0.717) is 0 Å². The quantitative estimate of drug-likeness (QED) is 0.802. The van der Waals surface area contributed by atoms with Crippen molar-refractivity contribution >= 4 is 15.9 Å². The first kappa shape index (κ1) is 14.2. The molecule has 5 nitrogen and oxygen atoms in total. The Morgan fingerprint density at radius 1 is 1.33 bits per heavy atom. The number of amides is 1. The lowest BCUT2D eigenvalue weighted by molar-refractivity contribution is 0.0537. The van der Waals surface area contributed by atoms with Gasteiger partial charge in [-0.15, -0.1) is 0 Å². The number of hydrogen-bond donors (Lipinski definition) is 1. The van der Waals surface area contributed by atoms with Gasteiger partial charge in [-0.2, -0.15) is 0 Å². The van der Waals surface area contributed by atoms with Crippen molar-refractivity contribution in [2.75, 3.05) is 5.88 Å². The largest absolute Gasteiger partial charge is 0.444 e. The van der Waals surface area contributed by atoms with Crippen LogP contribution in [0.2, 0.25) is 0 Å². The third kappa shape index (κ3) is 6.33. The zero-order valence-corrected chi connectivity index (χ0v) is 10.6. The van der Waals surface area contributed by atoms with Crippen molar-refractivity contribution in [2.45, 2.75) is 45.5 Å². The lowest BCUT2D eigenvalue weighted by atomic mass is 10.2. The van der Waals surface area contributed by atoms with E-state index in [9.17, 15) is 13.2 Å². The fourth-order valence-electron chi connectivity index (χ4n) is 0.640. The minimum absolute atomic E-state index is 0.389. The molecule has 0 bridgehead atoms. The monoisotopic (exact) mass is 237 g/mol. The normalized spacial score (nSPS) is 12.7. The van der Waals surface area contributed by atoms with Crippen molar-refractivity contribution in [3.63, 3.8) is 0 Å². The lowest BCUT2D eigenvalue weighted by Crippen LogP contribution is -2.37. The van der Waals surface area contributed by atoms with Gasteiger partial charge >= 0.3 is 6.09 Å². The molecule has 0 aliphatic carbocycles. The molecule has 0 aliphatic heterocycles. The van der Waals surface area contributed by atoms with Crippen molar-refractivity contribution in [3.8, 4) is 0 Å². The maximum Gasteiger partial charge on any atom is 0.408 e. The summed E-state index contributed by atoms with van der Waals surface area (Å²) in [6, 6.07) is 0. The van der Waals surface area contributed by atoms with Crippen molar-refractivity contribution < 1.29 is 17.9 Å². The second kappa shape index (κ2) is 4.83. The Labute approximate surface area is 91.1 Å². The number of carbonyl (C=O) groups excluding carboxylic acids is 1. The van der Waals surface area contributed by atoms with Gasteiger partial charge in [-0.05, 0) is 34.6 Å². The molecule has 0 aliphatic rings. The summed E-state index contributed by atoms with van der Waals surface area (Å²) in [5.74, 6) is -0.389. The molecule has 6 heteroatoms. The summed E-state index contributed by atoms with van der Waals surface area (Å²) in [4.78, 5) is 11.1. The third-order valence-electron chi connectivity index (χ3n) is 1.53. The molecule has 0 spiro atoms. The van der Waals surface area contributed by atoms with Crippen LogP contribution in [0.5, 0.6) is 0 Å². The number of nitrogens with one attached hydrogen (secondary N) is 1. The summed E-state index contributed by atoms with van der Waals surface area (Å²) in [5.41, 5.74) is -0.619. The topological polar surface area (TPSA) is 72.5 Å². The van der Waals surface area contributed by atoms with Crippen LogP contribution >= 0.6 is 0 Å². The van der Waals surface area contributed by atoms with Gasteiger partial charge in [0, 0.05) is 0 Å². The highest BCUT2D eigenvalue weighted by atomic mass is 32.2. The van der Waals surface area contributed by atoms with Gasteiger partial charge in [0.05, 0.1) is 5.25 Å². The van der Waals surface area contributed by atoms with Crippen LogP contribution in [-0.4, -0.2) is 31.2 Å². The van der Waals surface area contributed by atoms with E-state index in [0.717, 1.165) is 0 Å². The van der Waals surface area contributed by atoms with Crippen molar-refractivity contribution in [2.24, 2.45) is 0 Å². The van der Waals surface area contributed by atoms with Gasteiger partial charge in [0.2, 0.25) is 0 Å². The molecule has 1 N–H and O–H groups in total. The Morgan fingerprint density at radius 2 is 1.80 bits per heavy atom. The molecule has 0 rings (SSSR count). The molecule has 0 unspecified atom stereocenters. The minimum Gasteiger partial charge on any atom is -0.444 e. The van der Waals surface area contributed by atoms with Crippen LogP contribution in [-0.2, 0) is 14.6 Å². The van der Waals surface area contributed by atoms with Crippen LogP contribution in [0.25, 0.3) is 0 Å². The van der Waals surface area contributed by atoms with Crippen molar-refractivity contribution in [1.82, 2.24) is 5.32 Å². The van der Waals surface area contributed by atoms with E-state index in [1.54, 1.807) is 34.6 Å². The van der Waals surface area contributed by atoms with E-state index >= 15 is 0 Å². The number of hydrogen-bond acceptors (Lipinski definition) is 4. The fraction of sp³-hybridized carbons (Fsp3) is 0.889. The van der Waals surface area contributed by atoms with E-state index < -0.39 is 26.8 Å². The van der Waals surface area contributed by atoms with Gasteiger partial charge in [0.25, 0.3) is 0 Å². The summed E-state index contributed by atoms with van der Waals surface area (Å²) in [5, 5.41) is 1.70. The van der Waals surface area contributed by atoms with Crippen LogP contribution in [0.15, 0.2) is 0 Å². The van der Waals surface area contributed by atoms with E-state index in [1.165, 1.54) is 0 Å². The third-order valence-corrected chi connectivity index (χ3v) is 3.52. The Balaban J connectivity index is 4.14. The fourth-order valence-corrected chi connectivity index (χ4v) is 1.29. The molecule has 0 saturated heterocycles. The molecule has 15 heavy (non-hydrogen) atoms. The molecular weight excluding hydrogens is 218 g/mol. The van der Waals surface area contributed by atoms with E-state index in [4.69, 9.17) is 4.74 Å². The second-order valence-corrected chi connectivity index (χ2v) is 7.09. The van der Waals surface area contributed by atoms with Gasteiger partial charge in [-0.1, -0.05) is 0 Å². The summed E-state index contributed by atoms with van der Waals surface area (Å²) in [6.45, 7) is 8.26. The smallest absolute Gasteiger partial charge is 0.408 e. The molecule has 1 amide bonds. The predicted molar refractivity (Wildman–Crippen MR) is 58.3 cm³/mol. The zero-order valence-electron chi connectivity index (χ0n) is 9.83. The molecule has 0 atom stereocenters. The van der Waals surface area contributed by atoms with Gasteiger partial charge in [-0.3, -0.25) is 0 Å². The van der Waals surface area contributed by atoms with Crippen LogP contribution in [0, 0.1) is 0 Å². The number of alkyl carbamates (subject to hydrolysis) is 1. The maximum absolute atomic E-state index is 11.3. The molecule has 0 fully saturated rings. The summed E-state index contributed by atoms with van der Waals surface area (Å²) >= 11 is 0. The van der Waals surface area contributed by atoms with Gasteiger partial charge in [0.1, 0.15) is 11.5 Å². The van der Waals surface area contributed by atoms with Crippen LogP contribution in [0.4, 0.5) is 4.79 Å². The molecule has 0 aromatic carbocycles. The molecule has 0 radical (unpaired) electrons. The van der Waals surface area contributed by atoms with E-state index in [1.807, 2.05) is 0 Å². The van der Waals surface area contributed by atoms with E-state index in [-0.39, 0.29) is 5.88 Å². The lowest BCUT2D eigenvalue weighted by Gasteiger charge is -2.19. The number of carbonyl (C=O) groups is 1. The highest BCUT2D eigenvalue weighted by Gasteiger charge is 2.20. The summed E-state index contributed by atoms with van der Waals surface area (Å²) < 4.78 is 27.6. The van der Waals surface area contributed by atoms with Gasteiger partial charge in [-0.25, -0.2) is 13.2 Å². The Bertz CT molecular complexity index is 313. The van der Waals surface area contributed by atoms with E-state index in [2.05, 4.69) is 5.32 Å². The number of ether oxygens (including phenoxy) is 1. The Kier molecular flexibility index (Phi) is 4.58. The Hall–Kier alpha value is -0.780. The van der Waals surface area contributed by atoms with Crippen molar-refractivity contribution in [1.29, 1.82) is 0 Å². The standard InChI is InChI=1S/C9H19NO4S/c1-7(2)15(12,13)6-10-8(11)14-9(3,4)5/h7H,6H2,1-5H3,(H,10,11). The van der Waals surface area contributed by atoms with Crippen molar-refractivity contribution in [3.05, 3.63) is 0 Å². The van der Waals surface area contributed by atoms with Crippen LogP contribution in [0.1, 0.15) is 34.6 Å². The van der Waals surface area contributed by atoms with Crippen LogP contribution in [0.3, 0.4) is 0 Å². The number of sulfone groups is 1. The zero-order chi connectivity index (χ0) is 12.3. The molecule has 0 heterocycles. The average Bonchev–Trinajstić information content (AvgIpc) is 1.97. The highest BCUT2D eigenvalue weighted by Crippen LogP contribution is 2.06. The molecule has 0 aromatic heterocycles. The minimum atomic E-state index is -3.26. The van der Waals surface area contributed by atoms with Gasteiger partial charge < -0.3 is 10.1 Å². The molecular formula is C9H19NO4S. The highest BCUT2D eigenvalue weighted by molar-refractivity contribution is 7.91. The molecule has 0 saturated carbocycles. The SMILES string of the molecule is CC(C)S(=O)(=O)CNC(=O)OC(C)(C)C. The predicted octanol–water partition coefficient (Wildman–Crippen LogP) is 1.29. The summed E-state index contributed by atoms with van der Waals surface area (Å²) in [7, 11) is -3.26. The maximum atomic E-state index is 11.3. The first-order valence-electron chi connectivity index (χ1n) is 4.73. The first-order chi connectivity index (χ1) is 6.54. The molecule has 0 aromatic rings. The Morgan fingerprint density at radius 3 is 2.13 bits per heavy atom. The first-order valence-corrected chi connectivity index (χ1v) is 6.44. The van der Waals surface area contributed by atoms with Crippen LogP contribution < -0.4 is 5.32 Å². The van der Waals surface area contributed by atoms with Gasteiger partial charge in [0.15, 0.2) is 9.84 Å². The molecule has 90 valence electrons. The summed E-state index contributed by atoms with van der Waals surface area (Å²) in [6.07, 6.45) is -0.716. The second-order valence-electron chi connectivity index (χ2n) is 4.53. The number of rotatable bonds is 3. The average molecular weight is 237 g/mol.